The van der Waals surface area contributed by atoms with Gasteiger partial charge >= 0.3 is 0 Å². The van der Waals surface area contributed by atoms with Crippen LogP contribution in [0, 0.1) is 0 Å². The van der Waals surface area contributed by atoms with Crippen molar-refractivity contribution in [3.05, 3.63) is 89.6 Å². The summed E-state index contributed by atoms with van der Waals surface area (Å²) in [4.78, 5) is 16.7. The SMILES string of the molecule is COc1ccc(CCNC(=O)c2ccnc(NCCCc3ccccc3)c2)cc1. The second-order valence-electron chi connectivity index (χ2n) is 6.80. The normalized spacial score (nSPS) is 10.4. The zero-order chi connectivity index (χ0) is 20.3. The van der Waals surface area contributed by atoms with Crippen LogP contribution in [0.4, 0.5) is 5.82 Å². The number of aryl methyl sites for hydroxylation is 1. The average Bonchev–Trinajstić information content (AvgIpc) is 2.78. The molecule has 0 aliphatic heterocycles. The van der Waals surface area contributed by atoms with Gasteiger partial charge in [0.05, 0.1) is 7.11 Å². The number of benzene rings is 2. The molecule has 0 unspecified atom stereocenters. The van der Waals surface area contributed by atoms with Crippen molar-refractivity contribution in [1.82, 2.24) is 10.3 Å². The molecule has 2 N–H and O–H groups in total. The van der Waals surface area contributed by atoms with Gasteiger partial charge in [-0.1, -0.05) is 42.5 Å². The van der Waals surface area contributed by atoms with E-state index < -0.39 is 0 Å². The maximum atomic E-state index is 12.4. The molecule has 0 fully saturated rings. The fourth-order valence-electron chi connectivity index (χ4n) is 3.04. The predicted octanol–water partition coefficient (Wildman–Crippen LogP) is 4.11. The third-order valence-electron chi connectivity index (χ3n) is 4.67. The number of carbonyl (C=O) groups excluding carboxylic acids is 1. The zero-order valence-corrected chi connectivity index (χ0v) is 16.7. The Balaban J connectivity index is 1.42. The van der Waals surface area contributed by atoms with Crippen LogP contribution < -0.4 is 15.4 Å². The molecule has 3 rings (SSSR count). The van der Waals surface area contributed by atoms with E-state index in [1.165, 1.54) is 5.56 Å². The lowest BCUT2D eigenvalue weighted by Crippen LogP contribution is -2.25. The van der Waals surface area contributed by atoms with Crippen molar-refractivity contribution in [3.8, 4) is 5.75 Å². The number of nitrogens with zero attached hydrogens (tertiary/aromatic N) is 1. The van der Waals surface area contributed by atoms with E-state index in [0.29, 0.717) is 12.1 Å². The van der Waals surface area contributed by atoms with Crippen molar-refractivity contribution < 1.29 is 9.53 Å². The minimum atomic E-state index is -0.0896. The molecule has 29 heavy (non-hydrogen) atoms. The Morgan fingerprint density at radius 3 is 2.45 bits per heavy atom. The summed E-state index contributed by atoms with van der Waals surface area (Å²) >= 11 is 0. The number of carbonyl (C=O) groups is 1. The van der Waals surface area contributed by atoms with Crippen LogP contribution in [0.15, 0.2) is 72.9 Å². The predicted molar refractivity (Wildman–Crippen MR) is 117 cm³/mol. The minimum Gasteiger partial charge on any atom is -0.497 e. The third-order valence-corrected chi connectivity index (χ3v) is 4.67. The van der Waals surface area contributed by atoms with Gasteiger partial charge in [0.2, 0.25) is 0 Å². The van der Waals surface area contributed by atoms with Gasteiger partial charge in [-0.15, -0.1) is 0 Å². The van der Waals surface area contributed by atoms with Crippen LogP contribution in [0.3, 0.4) is 0 Å². The summed E-state index contributed by atoms with van der Waals surface area (Å²) in [5.41, 5.74) is 3.09. The Hall–Kier alpha value is -3.34. The number of methoxy groups -OCH3 is 1. The minimum absolute atomic E-state index is 0.0896. The number of anilines is 1. The number of ether oxygens (including phenoxy) is 1. The molecule has 0 atom stereocenters. The number of hydrogen-bond acceptors (Lipinski definition) is 4. The van der Waals surface area contributed by atoms with Gasteiger partial charge < -0.3 is 15.4 Å². The summed E-state index contributed by atoms with van der Waals surface area (Å²) in [5, 5.41) is 6.27. The molecule has 0 radical (unpaired) electrons. The van der Waals surface area contributed by atoms with Gasteiger partial charge in [-0.05, 0) is 54.7 Å². The van der Waals surface area contributed by atoms with E-state index in [-0.39, 0.29) is 5.91 Å². The lowest BCUT2D eigenvalue weighted by atomic mass is 10.1. The molecule has 0 saturated heterocycles. The number of nitrogens with one attached hydrogen (secondary N) is 2. The number of amides is 1. The van der Waals surface area contributed by atoms with E-state index in [9.17, 15) is 4.79 Å². The zero-order valence-electron chi connectivity index (χ0n) is 16.7. The van der Waals surface area contributed by atoms with Crippen molar-refractivity contribution in [2.45, 2.75) is 19.3 Å². The third kappa shape index (κ3) is 6.64. The molecular formula is C24H27N3O2. The number of aromatic nitrogens is 1. The Kier molecular flexibility index (Phi) is 7.63. The van der Waals surface area contributed by atoms with Crippen molar-refractivity contribution in [3.63, 3.8) is 0 Å². The van der Waals surface area contributed by atoms with Crippen LogP contribution in [-0.2, 0) is 12.8 Å². The fraction of sp³-hybridized carbons (Fsp3) is 0.250. The first-order chi connectivity index (χ1) is 14.2. The highest BCUT2D eigenvalue weighted by molar-refractivity contribution is 5.94. The first-order valence-electron chi connectivity index (χ1n) is 9.89. The summed E-state index contributed by atoms with van der Waals surface area (Å²) < 4.78 is 5.16. The molecule has 0 spiro atoms. The smallest absolute Gasteiger partial charge is 0.251 e. The van der Waals surface area contributed by atoms with Gasteiger partial charge in [0.25, 0.3) is 5.91 Å². The van der Waals surface area contributed by atoms with E-state index >= 15 is 0 Å². The highest BCUT2D eigenvalue weighted by Crippen LogP contribution is 2.12. The molecule has 0 bridgehead atoms. The highest BCUT2D eigenvalue weighted by atomic mass is 16.5. The molecule has 1 aromatic heterocycles. The van der Waals surface area contributed by atoms with Gasteiger partial charge in [0, 0.05) is 24.8 Å². The molecule has 0 aliphatic carbocycles. The lowest BCUT2D eigenvalue weighted by molar-refractivity contribution is 0.0954. The summed E-state index contributed by atoms with van der Waals surface area (Å²) in [6.07, 6.45) is 4.45. The summed E-state index contributed by atoms with van der Waals surface area (Å²) in [6, 6.07) is 21.8. The second-order valence-corrected chi connectivity index (χ2v) is 6.80. The Labute approximate surface area is 172 Å². The van der Waals surface area contributed by atoms with E-state index in [1.54, 1.807) is 25.4 Å². The van der Waals surface area contributed by atoms with Gasteiger partial charge in [0.15, 0.2) is 0 Å². The van der Waals surface area contributed by atoms with E-state index in [4.69, 9.17) is 4.74 Å². The average molecular weight is 389 g/mol. The molecule has 150 valence electrons. The summed E-state index contributed by atoms with van der Waals surface area (Å²) in [7, 11) is 1.65. The van der Waals surface area contributed by atoms with Crippen molar-refractivity contribution in [2.24, 2.45) is 0 Å². The quantitative estimate of drug-likeness (QED) is 0.512. The Morgan fingerprint density at radius 1 is 0.931 bits per heavy atom. The Morgan fingerprint density at radius 2 is 1.69 bits per heavy atom. The van der Waals surface area contributed by atoms with Gasteiger partial charge in [-0.25, -0.2) is 4.98 Å². The maximum absolute atomic E-state index is 12.4. The van der Waals surface area contributed by atoms with Crippen molar-refractivity contribution >= 4 is 11.7 Å². The highest BCUT2D eigenvalue weighted by Gasteiger charge is 2.06. The number of rotatable bonds is 10. The van der Waals surface area contributed by atoms with E-state index in [0.717, 1.165) is 42.9 Å². The molecule has 0 aliphatic rings. The van der Waals surface area contributed by atoms with E-state index in [2.05, 4.69) is 39.9 Å². The molecule has 3 aromatic rings. The number of hydrogen-bond donors (Lipinski definition) is 2. The monoisotopic (exact) mass is 389 g/mol. The lowest BCUT2D eigenvalue weighted by Gasteiger charge is -2.09. The molecule has 1 heterocycles. The molecule has 0 saturated carbocycles. The largest absolute Gasteiger partial charge is 0.497 e. The molecule has 1 amide bonds. The van der Waals surface area contributed by atoms with Gasteiger partial charge in [-0.2, -0.15) is 0 Å². The van der Waals surface area contributed by atoms with Crippen molar-refractivity contribution in [2.75, 3.05) is 25.5 Å². The molecular weight excluding hydrogens is 362 g/mol. The first-order valence-corrected chi connectivity index (χ1v) is 9.89. The van der Waals surface area contributed by atoms with Gasteiger partial charge in [-0.3, -0.25) is 4.79 Å². The standard InChI is InChI=1S/C24H27N3O2/c1-29-22-11-9-20(10-12-22)13-16-27-24(28)21-14-17-26-23(18-21)25-15-5-8-19-6-3-2-4-7-19/h2-4,6-7,9-12,14,17-18H,5,8,13,15-16H2,1H3,(H,25,26)(H,27,28). The van der Waals surface area contributed by atoms with Crippen LogP contribution in [-0.4, -0.2) is 31.1 Å². The van der Waals surface area contributed by atoms with Gasteiger partial charge in [0.1, 0.15) is 11.6 Å². The second kappa shape index (κ2) is 10.9. The van der Waals surface area contributed by atoms with Crippen LogP contribution >= 0.6 is 0 Å². The molecule has 5 nitrogen and oxygen atoms in total. The van der Waals surface area contributed by atoms with Crippen molar-refractivity contribution in [1.29, 1.82) is 0 Å². The topological polar surface area (TPSA) is 63.2 Å². The Bertz CT molecular complexity index is 896. The number of pyridine rings is 1. The first kappa shape index (κ1) is 20.4. The van der Waals surface area contributed by atoms with E-state index in [1.807, 2.05) is 30.3 Å². The molecule has 2 aromatic carbocycles. The van der Waals surface area contributed by atoms with Crippen LogP contribution in [0.2, 0.25) is 0 Å². The van der Waals surface area contributed by atoms with Crippen LogP contribution in [0.1, 0.15) is 27.9 Å². The fourth-order valence-corrected chi connectivity index (χ4v) is 3.04. The summed E-state index contributed by atoms with van der Waals surface area (Å²) in [5.74, 6) is 1.47. The molecule has 5 heteroatoms. The van der Waals surface area contributed by atoms with Crippen LogP contribution in [0.25, 0.3) is 0 Å². The summed E-state index contributed by atoms with van der Waals surface area (Å²) in [6.45, 7) is 1.39. The van der Waals surface area contributed by atoms with Crippen LogP contribution in [0.5, 0.6) is 5.75 Å². The maximum Gasteiger partial charge on any atom is 0.251 e.